The lowest BCUT2D eigenvalue weighted by atomic mass is 9.91. The molecule has 130 valence electrons. The molecule has 0 atom stereocenters. The van der Waals surface area contributed by atoms with Gasteiger partial charge < -0.3 is 5.73 Å². The molecule has 4 heteroatoms. The third-order valence-corrected chi connectivity index (χ3v) is 5.03. The van der Waals surface area contributed by atoms with E-state index in [4.69, 9.17) is 5.73 Å². The Bertz CT molecular complexity index is 747. The molecule has 0 aliphatic heterocycles. The van der Waals surface area contributed by atoms with Crippen molar-refractivity contribution in [3.63, 3.8) is 0 Å². The van der Waals surface area contributed by atoms with Crippen molar-refractivity contribution in [1.82, 2.24) is 9.97 Å². The van der Waals surface area contributed by atoms with Crippen molar-refractivity contribution < 1.29 is 0 Å². The van der Waals surface area contributed by atoms with E-state index in [9.17, 15) is 5.26 Å². The second-order valence-electron chi connectivity index (χ2n) is 6.83. The first-order valence-electron chi connectivity index (χ1n) is 9.44. The summed E-state index contributed by atoms with van der Waals surface area (Å²) < 4.78 is 0. The van der Waals surface area contributed by atoms with Crippen LogP contribution in [0.15, 0.2) is 24.4 Å². The van der Waals surface area contributed by atoms with Gasteiger partial charge in [-0.3, -0.25) is 4.98 Å². The largest absolute Gasteiger partial charge is 0.383 e. The van der Waals surface area contributed by atoms with Gasteiger partial charge in [0.25, 0.3) is 0 Å². The van der Waals surface area contributed by atoms with Gasteiger partial charge in [-0.25, -0.2) is 4.98 Å². The number of aryl methyl sites for hydroxylation is 1. The number of anilines is 1. The Morgan fingerprint density at radius 1 is 0.920 bits per heavy atom. The quantitative estimate of drug-likeness (QED) is 0.811. The summed E-state index contributed by atoms with van der Waals surface area (Å²) in [7, 11) is 0. The minimum Gasteiger partial charge on any atom is -0.383 e. The van der Waals surface area contributed by atoms with E-state index in [1.165, 1.54) is 44.1 Å². The van der Waals surface area contributed by atoms with Crippen LogP contribution in [0.3, 0.4) is 0 Å². The monoisotopic (exact) mass is 334 g/mol. The van der Waals surface area contributed by atoms with Gasteiger partial charge in [-0.2, -0.15) is 5.26 Å². The van der Waals surface area contributed by atoms with E-state index in [2.05, 4.69) is 16.0 Å². The fraction of sp³-hybridized carbons (Fsp3) is 0.476. The van der Waals surface area contributed by atoms with Gasteiger partial charge in [-0.1, -0.05) is 44.6 Å². The lowest BCUT2D eigenvalue weighted by Crippen LogP contribution is -2.09. The third-order valence-electron chi connectivity index (χ3n) is 5.03. The van der Waals surface area contributed by atoms with Crippen molar-refractivity contribution in [2.24, 2.45) is 0 Å². The summed E-state index contributed by atoms with van der Waals surface area (Å²) in [4.78, 5) is 9.13. The van der Waals surface area contributed by atoms with E-state index in [-0.39, 0.29) is 0 Å². The zero-order valence-electron chi connectivity index (χ0n) is 14.8. The highest BCUT2D eigenvalue weighted by Gasteiger charge is 2.20. The van der Waals surface area contributed by atoms with Crippen molar-refractivity contribution in [2.45, 2.75) is 64.2 Å². The molecule has 0 aromatic carbocycles. The number of hydrogen-bond donors (Lipinski definition) is 1. The molecule has 1 aliphatic rings. The average molecular weight is 334 g/mol. The van der Waals surface area contributed by atoms with Gasteiger partial charge in [-0.05, 0) is 43.4 Å². The van der Waals surface area contributed by atoms with Crippen molar-refractivity contribution >= 4 is 5.82 Å². The number of hydrogen-bond acceptors (Lipinski definition) is 4. The summed E-state index contributed by atoms with van der Waals surface area (Å²) in [6, 6.07) is 8.09. The minimum absolute atomic E-state index is 0.342. The Balaban J connectivity index is 2.09. The number of fused-ring (bicyclic) bond motifs is 1. The molecule has 1 aliphatic carbocycles. The van der Waals surface area contributed by atoms with Crippen LogP contribution in [-0.2, 0) is 12.8 Å². The first kappa shape index (κ1) is 17.4. The maximum atomic E-state index is 9.67. The fourth-order valence-electron chi connectivity index (χ4n) is 3.73. The van der Waals surface area contributed by atoms with Gasteiger partial charge in [-0.15, -0.1) is 0 Å². The summed E-state index contributed by atoms with van der Waals surface area (Å²) in [6.07, 6.45) is 13.7. The molecule has 2 N–H and O–H groups in total. The topological polar surface area (TPSA) is 75.6 Å². The molecule has 2 aromatic heterocycles. The summed E-state index contributed by atoms with van der Waals surface area (Å²) in [5, 5.41) is 9.67. The predicted octanol–water partition coefficient (Wildman–Crippen LogP) is 4.82. The minimum atomic E-state index is 0.342. The summed E-state index contributed by atoms with van der Waals surface area (Å²) in [6.45, 7) is 0. The maximum absolute atomic E-state index is 9.67. The van der Waals surface area contributed by atoms with Crippen molar-refractivity contribution in [1.29, 1.82) is 5.26 Å². The van der Waals surface area contributed by atoms with E-state index >= 15 is 0 Å². The van der Waals surface area contributed by atoms with Gasteiger partial charge in [0.05, 0.1) is 5.69 Å². The number of pyridine rings is 2. The highest BCUT2D eigenvalue weighted by Crippen LogP contribution is 2.33. The number of rotatable bonds is 1. The molecule has 0 amide bonds. The molecule has 25 heavy (non-hydrogen) atoms. The van der Waals surface area contributed by atoms with E-state index in [1.54, 1.807) is 6.20 Å². The molecular formula is C21H26N4. The Labute approximate surface area is 150 Å². The van der Waals surface area contributed by atoms with Crippen molar-refractivity contribution in [3.05, 3.63) is 41.2 Å². The van der Waals surface area contributed by atoms with Crippen LogP contribution in [0.25, 0.3) is 11.3 Å². The van der Waals surface area contributed by atoms with Gasteiger partial charge in [0.1, 0.15) is 17.5 Å². The Morgan fingerprint density at radius 2 is 1.60 bits per heavy atom. The van der Waals surface area contributed by atoms with E-state index < -0.39 is 0 Å². The molecule has 4 nitrogen and oxygen atoms in total. The molecule has 0 fully saturated rings. The van der Waals surface area contributed by atoms with Crippen LogP contribution in [0.4, 0.5) is 5.82 Å². The van der Waals surface area contributed by atoms with E-state index in [0.29, 0.717) is 11.4 Å². The smallest absolute Gasteiger partial charge is 0.142 e. The zero-order chi connectivity index (χ0) is 17.5. The first-order valence-corrected chi connectivity index (χ1v) is 9.44. The molecule has 0 saturated heterocycles. The van der Waals surface area contributed by atoms with Gasteiger partial charge in [0.2, 0.25) is 0 Å². The second-order valence-corrected chi connectivity index (χ2v) is 6.83. The standard InChI is InChI=1S/C21H26N4/c22-15-17-20(19-13-9-10-14-24-19)16-11-7-5-3-1-2-4-6-8-12-18(16)25-21(17)23/h9-10,13-14H,1-8,11-12H2,(H2,23,25). The molecule has 2 aromatic rings. The zero-order valence-corrected chi connectivity index (χ0v) is 14.8. The SMILES string of the molecule is N#Cc1c(N)nc2c(c1-c1ccccn1)CCCCCCCCCC2. The lowest BCUT2D eigenvalue weighted by molar-refractivity contribution is 0.557. The second kappa shape index (κ2) is 8.62. The normalized spacial score (nSPS) is 16.1. The van der Waals surface area contributed by atoms with Crippen LogP contribution in [0, 0.1) is 11.3 Å². The van der Waals surface area contributed by atoms with Gasteiger partial charge in [0.15, 0.2) is 0 Å². The molecule has 2 heterocycles. The Hall–Kier alpha value is -2.41. The number of nitrogen functional groups attached to an aromatic ring is 1. The highest BCUT2D eigenvalue weighted by molar-refractivity contribution is 5.77. The van der Waals surface area contributed by atoms with Crippen molar-refractivity contribution in [3.8, 4) is 17.3 Å². The number of aromatic nitrogens is 2. The van der Waals surface area contributed by atoms with Crippen LogP contribution in [0.5, 0.6) is 0 Å². The summed E-state index contributed by atoms with van der Waals surface area (Å²) >= 11 is 0. The van der Waals surface area contributed by atoms with E-state index in [0.717, 1.165) is 42.6 Å². The third kappa shape index (κ3) is 4.17. The lowest BCUT2D eigenvalue weighted by Gasteiger charge is -2.18. The van der Waals surface area contributed by atoms with Crippen molar-refractivity contribution in [2.75, 3.05) is 5.73 Å². The Morgan fingerprint density at radius 3 is 2.24 bits per heavy atom. The Kier molecular flexibility index (Phi) is 6.00. The van der Waals surface area contributed by atoms with Crippen LogP contribution in [0.1, 0.15) is 68.2 Å². The molecule has 0 saturated carbocycles. The molecule has 3 rings (SSSR count). The van der Waals surface area contributed by atoms with Gasteiger partial charge in [0, 0.05) is 17.5 Å². The molecule has 0 bridgehead atoms. The molecule has 0 spiro atoms. The first-order chi connectivity index (χ1) is 12.3. The predicted molar refractivity (Wildman–Crippen MR) is 101 cm³/mol. The van der Waals surface area contributed by atoms with E-state index in [1.807, 2.05) is 18.2 Å². The molecule has 0 radical (unpaired) electrons. The maximum Gasteiger partial charge on any atom is 0.142 e. The average Bonchev–Trinajstić information content (AvgIpc) is 2.63. The summed E-state index contributed by atoms with van der Waals surface area (Å²) in [5.41, 5.74) is 10.6. The van der Waals surface area contributed by atoms with Crippen LogP contribution >= 0.6 is 0 Å². The number of nitrogens with two attached hydrogens (primary N) is 1. The van der Waals surface area contributed by atoms with Crippen LogP contribution in [0.2, 0.25) is 0 Å². The highest BCUT2D eigenvalue weighted by atomic mass is 14.9. The number of nitrogens with zero attached hydrogens (tertiary/aromatic N) is 3. The number of nitriles is 1. The van der Waals surface area contributed by atoms with Crippen LogP contribution < -0.4 is 5.73 Å². The van der Waals surface area contributed by atoms with Gasteiger partial charge >= 0.3 is 0 Å². The summed E-state index contributed by atoms with van der Waals surface area (Å²) in [5.74, 6) is 0.342. The molecular weight excluding hydrogens is 308 g/mol. The van der Waals surface area contributed by atoms with Crippen LogP contribution in [-0.4, -0.2) is 9.97 Å². The molecule has 0 unspecified atom stereocenters. The fourth-order valence-corrected chi connectivity index (χ4v) is 3.73.